The van der Waals surface area contributed by atoms with E-state index in [-0.39, 0.29) is 17.8 Å². The van der Waals surface area contributed by atoms with E-state index >= 15 is 0 Å². The topological polar surface area (TPSA) is 66.0 Å². The molecule has 1 atom stereocenters. The molecule has 2 N–H and O–H groups in total. The van der Waals surface area contributed by atoms with Crippen LogP contribution in [0.5, 0.6) is 5.75 Å². The molecule has 0 bridgehead atoms. The van der Waals surface area contributed by atoms with Gasteiger partial charge in [0, 0.05) is 32.3 Å². The molecule has 6 nitrogen and oxygen atoms in total. The number of amides is 1. The molecule has 0 aliphatic heterocycles. The molecular formula is C23H31FN4O2. The number of hydrogen-bond donors (Lipinski definition) is 2. The molecule has 162 valence electrons. The molecule has 1 unspecified atom stereocenters. The zero-order valence-corrected chi connectivity index (χ0v) is 18.1. The first-order chi connectivity index (χ1) is 14.4. The minimum absolute atomic E-state index is 0.0241. The molecule has 2 aromatic rings. The Kier molecular flexibility index (Phi) is 9.12. The number of nitrogens with one attached hydrogen (secondary N) is 2. The van der Waals surface area contributed by atoms with Gasteiger partial charge in [0.25, 0.3) is 5.91 Å². The van der Waals surface area contributed by atoms with Crippen LogP contribution in [0, 0.1) is 5.82 Å². The van der Waals surface area contributed by atoms with Crippen molar-refractivity contribution in [2.75, 3.05) is 27.2 Å². The lowest BCUT2D eigenvalue weighted by atomic mass is 10.1. The van der Waals surface area contributed by atoms with Gasteiger partial charge in [0.2, 0.25) is 0 Å². The average Bonchev–Trinajstić information content (AvgIpc) is 2.74. The van der Waals surface area contributed by atoms with Crippen molar-refractivity contribution < 1.29 is 13.9 Å². The van der Waals surface area contributed by atoms with E-state index in [2.05, 4.69) is 15.6 Å². The predicted molar refractivity (Wildman–Crippen MR) is 118 cm³/mol. The normalized spacial score (nSPS) is 12.2. The lowest BCUT2D eigenvalue weighted by Crippen LogP contribution is -2.42. The quantitative estimate of drug-likeness (QED) is 0.487. The van der Waals surface area contributed by atoms with Gasteiger partial charge in [-0.25, -0.2) is 9.38 Å². The Bertz CT molecular complexity index is 837. The maximum absolute atomic E-state index is 13.4. The lowest BCUT2D eigenvalue weighted by Gasteiger charge is -2.20. The van der Waals surface area contributed by atoms with E-state index in [1.807, 2.05) is 38.1 Å². The number of guanidine groups is 1. The van der Waals surface area contributed by atoms with Gasteiger partial charge in [0.05, 0.1) is 13.1 Å². The molecule has 0 spiro atoms. The summed E-state index contributed by atoms with van der Waals surface area (Å²) in [5, 5.41) is 6.49. The number of ether oxygens (including phenoxy) is 1. The maximum atomic E-state index is 13.4. The maximum Gasteiger partial charge on any atom is 0.253 e. The molecule has 30 heavy (non-hydrogen) atoms. The summed E-state index contributed by atoms with van der Waals surface area (Å²) in [5.74, 6) is 0.845. The largest absolute Gasteiger partial charge is 0.489 e. The summed E-state index contributed by atoms with van der Waals surface area (Å²) >= 11 is 0. The third kappa shape index (κ3) is 7.39. The minimum Gasteiger partial charge on any atom is -0.489 e. The van der Waals surface area contributed by atoms with Crippen LogP contribution < -0.4 is 15.4 Å². The smallest absolute Gasteiger partial charge is 0.253 e. The molecule has 2 aromatic carbocycles. The highest BCUT2D eigenvalue weighted by Crippen LogP contribution is 2.14. The molecule has 0 aliphatic carbocycles. The Hall–Kier alpha value is -3.09. The number of carbonyl (C=O) groups excluding carboxylic acids is 1. The van der Waals surface area contributed by atoms with Crippen molar-refractivity contribution >= 4 is 11.9 Å². The highest BCUT2D eigenvalue weighted by atomic mass is 19.1. The SMILES string of the molecule is CCNC(=NCc1ccc(C(=O)N(C)C)cc1)NCC(CC)Oc1cccc(F)c1. The zero-order valence-electron chi connectivity index (χ0n) is 18.1. The summed E-state index contributed by atoms with van der Waals surface area (Å²) in [6.45, 7) is 5.76. The number of rotatable bonds is 9. The van der Waals surface area contributed by atoms with Crippen LogP contribution in [-0.2, 0) is 6.54 Å². The Morgan fingerprint density at radius 3 is 2.47 bits per heavy atom. The molecule has 0 saturated heterocycles. The van der Waals surface area contributed by atoms with Crippen molar-refractivity contribution in [3.8, 4) is 5.75 Å². The molecule has 0 radical (unpaired) electrons. The molecule has 0 aliphatic rings. The van der Waals surface area contributed by atoms with E-state index in [1.54, 1.807) is 31.1 Å². The second kappa shape index (κ2) is 11.8. The second-order valence-electron chi connectivity index (χ2n) is 7.08. The third-order valence-electron chi connectivity index (χ3n) is 4.42. The van der Waals surface area contributed by atoms with Crippen LogP contribution in [0.25, 0.3) is 0 Å². The van der Waals surface area contributed by atoms with Gasteiger partial charge < -0.3 is 20.3 Å². The van der Waals surface area contributed by atoms with Crippen LogP contribution in [0.15, 0.2) is 53.5 Å². The van der Waals surface area contributed by atoms with Gasteiger partial charge in [-0.05, 0) is 43.2 Å². The summed E-state index contributed by atoms with van der Waals surface area (Å²) in [7, 11) is 3.47. The number of aliphatic imine (C=N–C) groups is 1. The Morgan fingerprint density at radius 1 is 1.13 bits per heavy atom. The summed E-state index contributed by atoms with van der Waals surface area (Å²) < 4.78 is 19.2. The first kappa shape index (κ1) is 23.2. The second-order valence-corrected chi connectivity index (χ2v) is 7.08. The zero-order chi connectivity index (χ0) is 21.9. The first-order valence-corrected chi connectivity index (χ1v) is 10.2. The minimum atomic E-state index is -0.316. The lowest BCUT2D eigenvalue weighted by molar-refractivity contribution is 0.0827. The van der Waals surface area contributed by atoms with Crippen LogP contribution in [-0.4, -0.2) is 50.1 Å². The summed E-state index contributed by atoms with van der Waals surface area (Å²) in [4.78, 5) is 18.1. The van der Waals surface area contributed by atoms with E-state index in [1.165, 1.54) is 12.1 Å². The molecule has 0 fully saturated rings. The van der Waals surface area contributed by atoms with Gasteiger partial charge in [-0.15, -0.1) is 0 Å². The highest BCUT2D eigenvalue weighted by Gasteiger charge is 2.10. The number of hydrogen-bond acceptors (Lipinski definition) is 3. The Morgan fingerprint density at radius 2 is 1.87 bits per heavy atom. The Labute approximate surface area is 178 Å². The van der Waals surface area contributed by atoms with Crippen LogP contribution in [0.2, 0.25) is 0 Å². The fourth-order valence-corrected chi connectivity index (χ4v) is 2.74. The van der Waals surface area contributed by atoms with E-state index in [4.69, 9.17) is 4.74 Å². The van der Waals surface area contributed by atoms with Gasteiger partial charge in [0.1, 0.15) is 17.7 Å². The van der Waals surface area contributed by atoms with Crippen molar-refractivity contribution in [1.29, 1.82) is 0 Å². The van der Waals surface area contributed by atoms with Gasteiger partial charge in [-0.2, -0.15) is 0 Å². The summed E-state index contributed by atoms with van der Waals surface area (Å²) in [6, 6.07) is 13.6. The molecular weight excluding hydrogens is 383 g/mol. The van der Waals surface area contributed by atoms with Gasteiger partial charge in [-0.1, -0.05) is 25.1 Å². The fourth-order valence-electron chi connectivity index (χ4n) is 2.74. The van der Waals surface area contributed by atoms with Gasteiger partial charge in [-0.3, -0.25) is 4.79 Å². The van der Waals surface area contributed by atoms with E-state index < -0.39 is 0 Å². The number of halogens is 1. The molecule has 7 heteroatoms. The Balaban J connectivity index is 1.95. The number of benzene rings is 2. The monoisotopic (exact) mass is 414 g/mol. The van der Waals surface area contributed by atoms with Gasteiger partial charge >= 0.3 is 0 Å². The third-order valence-corrected chi connectivity index (χ3v) is 4.42. The van der Waals surface area contributed by atoms with Crippen LogP contribution in [0.3, 0.4) is 0 Å². The molecule has 0 aromatic heterocycles. The van der Waals surface area contributed by atoms with E-state index in [9.17, 15) is 9.18 Å². The van der Waals surface area contributed by atoms with Crippen molar-refractivity contribution in [2.45, 2.75) is 32.9 Å². The van der Waals surface area contributed by atoms with Crippen molar-refractivity contribution in [2.24, 2.45) is 4.99 Å². The highest BCUT2D eigenvalue weighted by molar-refractivity contribution is 5.93. The van der Waals surface area contributed by atoms with Crippen LogP contribution >= 0.6 is 0 Å². The standard InChI is InChI=1S/C23H31FN4O2/c1-5-20(30-21-9-7-8-19(24)14-21)16-27-23(25-6-2)26-15-17-10-12-18(13-11-17)22(29)28(3)4/h7-14,20H,5-6,15-16H2,1-4H3,(H2,25,26,27). The predicted octanol–water partition coefficient (Wildman–Crippen LogP) is 3.44. The van der Waals surface area contributed by atoms with E-state index in [0.717, 1.165) is 18.5 Å². The molecule has 1 amide bonds. The molecule has 2 rings (SSSR count). The summed E-state index contributed by atoms with van der Waals surface area (Å²) in [6.07, 6.45) is 0.650. The molecule has 0 heterocycles. The van der Waals surface area contributed by atoms with Crippen molar-refractivity contribution in [3.63, 3.8) is 0 Å². The van der Waals surface area contributed by atoms with Crippen molar-refractivity contribution in [3.05, 3.63) is 65.5 Å². The average molecular weight is 415 g/mol. The van der Waals surface area contributed by atoms with Crippen LogP contribution in [0.4, 0.5) is 4.39 Å². The van der Waals surface area contributed by atoms with E-state index in [0.29, 0.717) is 30.4 Å². The fraction of sp³-hybridized carbons (Fsp3) is 0.391. The molecule has 0 saturated carbocycles. The van der Waals surface area contributed by atoms with Crippen molar-refractivity contribution in [1.82, 2.24) is 15.5 Å². The van der Waals surface area contributed by atoms with Crippen LogP contribution in [0.1, 0.15) is 36.2 Å². The summed E-state index contributed by atoms with van der Waals surface area (Å²) in [5.41, 5.74) is 1.66. The first-order valence-electron chi connectivity index (χ1n) is 10.2. The number of nitrogens with zero attached hydrogens (tertiary/aromatic N) is 2. The van der Waals surface area contributed by atoms with Gasteiger partial charge in [0.15, 0.2) is 5.96 Å². The number of carbonyl (C=O) groups is 1.